The second-order valence-electron chi connectivity index (χ2n) is 4.55. The minimum absolute atomic E-state index is 0.283. The third-order valence-electron chi connectivity index (χ3n) is 3.18. The second kappa shape index (κ2) is 6.02. The summed E-state index contributed by atoms with van der Waals surface area (Å²) in [7, 11) is 1.35. The zero-order valence-corrected chi connectivity index (χ0v) is 10.8. The van der Waals surface area contributed by atoms with Gasteiger partial charge in [0, 0.05) is 24.8 Å². The highest BCUT2D eigenvalue weighted by Gasteiger charge is 2.20. The smallest absolute Gasteiger partial charge is 0.374 e. The Morgan fingerprint density at radius 2 is 2.44 bits per heavy atom. The van der Waals surface area contributed by atoms with Crippen LogP contribution in [0, 0.1) is 0 Å². The fraction of sp³-hybridized carbons (Fsp3) is 0.615. The first-order chi connectivity index (χ1) is 8.70. The monoisotopic (exact) mass is 253 g/mol. The van der Waals surface area contributed by atoms with Gasteiger partial charge in [-0.25, -0.2) is 4.79 Å². The number of nitrogens with one attached hydrogen (secondary N) is 1. The molecule has 2 unspecified atom stereocenters. The summed E-state index contributed by atoms with van der Waals surface area (Å²) in [6, 6.07) is 2.22. The zero-order chi connectivity index (χ0) is 13.0. The van der Waals surface area contributed by atoms with Crippen LogP contribution >= 0.6 is 0 Å². The van der Waals surface area contributed by atoms with E-state index in [-0.39, 0.29) is 5.76 Å². The molecule has 100 valence electrons. The number of rotatable bonds is 4. The van der Waals surface area contributed by atoms with E-state index < -0.39 is 5.97 Å². The Bertz CT molecular complexity index is 401. The molecule has 5 heteroatoms. The lowest BCUT2D eigenvalue weighted by Crippen LogP contribution is -2.37. The third-order valence-corrected chi connectivity index (χ3v) is 3.18. The summed E-state index contributed by atoms with van der Waals surface area (Å²) in [6.07, 6.45) is 3.79. The molecule has 2 heterocycles. The van der Waals surface area contributed by atoms with Gasteiger partial charge in [0.1, 0.15) is 0 Å². The van der Waals surface area contributed by atoms with E-state index in [2.05, 4.69) is 17.0 Å². The first kappa shape index (κ1) is 13.1. The molecule has 1 aromatic rings. The predicted molar refractivity (Wildman–Crippen MR) is 65.3 cm³/mol. The van der Waals surface area contributed by atoms with Crippen molar-refractivity contribution in [3.63, 3.8) is 0 Å². The van der Waals surface area contributed by atoms with E-state index in [1.807, 2.05) is 0 Å². The maximum absolute atomic E-state index is 11.4. The number of carbonyl (C=O) groups is 1. The Labute approximate surface area is 106 Å². The van der Waals surface area contributed by atoms with Gasteiger partial charge in [-0.1, -0.05) is 0 Å². The van der Waals surface area contributed by atoms with Crippen LogP contribution in [0.25, 0.3) is 0 Å². The molecule has 0 amide bonds. The summed E-state index contributed by atoms with van der Waals surface area (Å²) < 4.78 is 15.3. The van der Waals surface area contributed by atoms with Crippen molar-refractivity contribution in [3.05, 3.63) is 23.7 Å². The lowest BCUT2D eigenvalue weighted by Gasteiger charge is -2.28. The van der Waals surface area contributed by atoms with Gasteiger partial charge in [-0.05, 0) is 25.8 Å². The largest absolute Gasteiger partial charge is 0.463 e. The molecule has 1 aliphatic rings. The van der Waals surface area contributed by atoms with Crippen LogP contribution in [-0.4, -0.2) is 31.8 Å². The van der Waals surface area contributed by atoms with Crippen molar-refractivity contribution in [2.45, 2.75) is 38.5 Å². The molecule has 0 bridgehead atoms. The molecule has 1 aromatic heterocycles. The van der Waals surface area contributed by atoms with Crippen LogP contribution in [0.5, 0.6) is 0 Å². The number of carbonyl (C=O) groups excluding carboxylic acids is 1. The minimum Gasteiger partial charge on any atom is -0.463 e. The van der Waals surface area contributed by atoms with Crippen molar-refractivity contribution in [3.8, 4) is 0 Å². The van der Waals surface area contributed by atoms with E-state index in [9.17, 15) is 4.79 Å². The van der Waals surface area contributed by atoms with E-state index in [1.54, 1.807) is 6.07 Å². The Morgan fingerprint density at radius 1 is 1.61 bits per heavy atom. The van der Waals surface area contributed by atoms with Crippen LogP contribution in [0.2, 0.25) is 0 Å². The SMILES string of the molecule is COC(=O)c1occc1CNC1CCOC(C)C1. The molecule has 2 atom stereocenters. The lowest BCUT2D eigenvalue weighted by atomic mass is 10.0. The van der Waals surface area contributed by atoms with E-state index in [4.69, 9.17) is 9.15 Å². The minimum atomic E-state index is -0.433. The number of esters is 1. The normalized spacial score (nSPS) is 23.9. The first-order valence-corrected chi connectivity index (χ1v) is 6.20. The van der Waals surface area contributed by atoms with Crippen molar-refractivity contribution in [1.29, 1.82) is 0 Å². The highest BCUT2D eigenvalue weighted by molar-refractivity contribution is 5.87. The zero-order valence-electron chi connectivity index (χ0n) is 10.8. The summed E-state index contributed by atoms with van der Waals surface area (Å²) in [5.74, 6) is -0.151. The van der Waals surface area contributed by atoms with Crippen LogP contribution < -0.4 is 5.32 Å². The number of ether oxygens (including phenoxy) is 2. The molecule has 1 fully saturated rings. The molecule has 0 saturated carbocycles. The quantitative estimate of drug-likeness (QED) is 0.828. The molecule has 2 rings (SSSR count). The topological polar surface area (TPSA) is 60.7 Å². The van der Waals surface area contributed by atoms with Gasteiger partial charge in [-0.15, -0.1) is 0 Å². The standard InChI is InChI=1S/C13H19NO4/c1-9-7-11(4-6-17-9)14-8-10-3-5-18-12(10)13(15)16-2/h3,5,9,11,14H,4,6-8H2,1-2H3. The van der Waals surface area contributed by atoms with Gasteiger partial charge >= 0.3 is 5.97 Å². The van der Waals surface area contributed by atoms with E-state index in [0.29, 0.717) is 18.7 Å². The number of furan rings is 1. The summed E-state index contributed by atoms with van der Waals surface area (Å²) in [5, 5.41) is 3.43. The maximum atomic E-state index is 11.4. The van der Waals surface area contributed by atoms with Crippen LogP contribution in [0.15, 0.2) is 16.7 Å². The second-order valence-corrected chi connectivity index (χ2v) is 4.55. The molecular formula is C13H19NO4. The fourth-order valence-electron chi connectivity index (χ4n) is 2.18. The predicted octanol–water partition coefficient (Wildman–Crippen LogP) is 1.72. The van der Waals surface area contributed by atoms with Gasteiger partial charge in [0.25, 0.3) is 0 Å². The van der Waals surface area contributed by atoms with E-state index >= 15 is 0 Å². The third kappa shape index (κ3) is 3.11. The number of methoxy groups -OCH3 is 1. The summed E-state index contributed by atoms with van der Waals surface area (Å²) in [6.45, 7) is 3.47. The Balaban J connectivity index is 1.90. The Hall–Kier alpha value is -1.33. The first-order valence-electron chi connectivity index (χ1n) is 6.20. The number of hydrogen-bond acceptors (Lipinski definition) is 5. The number of hydrogen-bond donors (Lipinski definition) is 1. The van der Waals surface area contributed by atoms with Gasteiger partial charge < -0.3 is 19.2 Å². The maximum Gasteiger partial charge on any atom is 0.374 e. The van der Waals surface area contributed by atoms with Crippen LogP contribution in [0.3, 0.4) is 0 Å². The lowest BCUT2D eigenvalue weighted by molar-refractivity contribution is 0.0130. The highest BCUT2D eigenvalue weighted by Crippen LogP contribution is 2.16. The molecule has 1 saturated heterocycles. The van der Waals surface area contributed by atoms with Crippen molar-refractivity contribution >= 4 is 5.97 Å². The molecule has 18 heavy (non-hydrogen) atoms. The van der Waals surface area contributed by atoms with Gasteiger partial charge in [-0.3, -0.25) is 0 Å². The van der Waals surface area contributed by atoms with Crippen molar-refractivity contribution in [2.75, 3.05) is 13.7 Å². The van der Waals surface area contributed by atoms with Crippen molar-refractivity contribution < 1.29 is 18.7 Å². The van der Waals surface area contributed by atoms with Crippen LogP contribution in [-0.2, 0) is 16.0 Å². The summed E-state index contributed by atoms with van der Waals surface area (Å²) in [5.41, 5.74) is 0.834. The molecule has 0 aromatic carbocycles. The average Bonchev–Trinajstić information content (AvgIpc) is 2.84. The Kier molecular flexibility index (Phi) is 4.38. The van der Waals surface area contributed by atoms with Gasteiger partial charge in [-0.2, -0.15) is 0 Å². The van der Waals surface area contributed by atoms with Crippen molar-refractivity contribution in [2.24, 2.45) is 0 Å². The Morgan fingerprint density at radius 3 is 3.17 bits per heavy atom. The molecular weight excluding hydrogens is 234 g/mol. The van der Waals surface area contributed by atoms with Gasteiger partial charge in [0.15, 0.2) is 0 Å². The summed E-state index contributed by atoms with van der Waals surface area (Å²) >= 11 is 0. The van der Waals surface area contributed by atoms with Gasteiger partial charge in [0.2, 0.25) is 5.76 Å². The molecule has 5 nitrogen and oxygen atoms in total. The van der Waals surface area contributed by atoms with Gasteiger partial charge in [0.05, 0.1) is 19.5 Å². The molecule has 0 radical (unpaired) electrons. The summed E-state index contributed by atoms with van der Waals surface area (Å²) in [4.78, 5) is 11.4. The highest BCUT2D eigenvalue weighted by atomic mass is 16.5. The van der Waals surface area contributed by atoms with Crippen LogP contribution in [0.4, 0.5) is 0 Å². The average molecular weight is 253 g/mol. The molecule has 1 N–H and O–H groups in total. The van der Waals surface area contributed by atoms with Crippen molar-refractivity contribution in [1.82, 2.24) is 5.32 Å². The molecule has 0 spiro atoms. The van der Waals surface area contributed by atoms with E-state index in [0.717, 1.165) is 25.0 Å². The molecule has 1 aliphatic heterocycles. The van der Waals surface area contributed by atoms with E-state index in [1.165, 1.54) is 13.4 Å². The fourth-order valence-corrected chi connectivity index (χ4v) is 2.18. The molecule has 0 aliphatic carbocycles. The van der Waals surface area contributed by atoms with Crippen LogP contribution in [0.1, 0.15) is 35.9 Å².